The smallest absolute Gasteiger partial charge is 0.245 e. The zero-order valence-corrected chi connectivity index (χ0v) is 16.6. The third kappa shape index (κ3) is 2.89. The third-order valence-electron chi connectivity index (χ3n) is 5.29. The number of hydrogen-bond acceptors (Lipinski definition) is 6. The number of hydrogen-bond donors (Lipinski definition) is 0. The second-order valence-corrected chi connectivity index (χ2v) is 7.35. The number of rotatable bonds is 4. The average molecular weight is 379 g/mol. The monoisotopic (exact) mass is 379 g/mol. The van der Waals surface area contributed by atoms with Gasteiger partial charge >= 0.3 is 0 Å². The molecule has 0 spiro atoms. The maximum Gasteiger partial charge on any atom is 0.245 e. The minimum Gasteiger partial charge on any atom is -0.344 e. The molecule has 0 aliphatic carbocycles. The van der Waals surface area contributed by atoms with Gasteiger partial charge in [-0.2, -0.15) is 5.10 Å². The van der Waals surface area contributed by atoms with Gasteiger partial charge in [0.05, 0.1) is 0 Å². The number of likely N-dealkylation sites (N-methyl/N-ethyl adjacent to an activating group) is 1. The number of nitrogens with zero attached hydrogens (tertiary/aromatic N) is 7. The number of amidine groups is 1. The molecule has 1 saturated heterocycles. The molecule has 0 N–H and O–H groups in total. The summed E-state index contributed by atoms with van der Waals surface area (Å²) in [5, 5.41) is 4.38. The molecule has 8 nitrogen and oxygen atoms in total. The number of aliphatic imine (C=N–C) groups is 2. The highest BCUT2D eigenvalue weighted by Crippen LogP contribution is 2.29. The van der Waals surface area contributed by atoms with Crippen LogP contribution in [-0.4, -0.2) is 67.7 Å². The summed E-state index contributed by atoms with van der Waals surface area (Å²) < 4.78 is 1.73. The van der Waals surface area contributed by atoms with Gasteiger partial charge in [0.25, 0.3) is 0 Å². The molecule has 3 atom stereocenters. The highest BCUT2D eigenvalue weighted by atomic mass is 16.2. The van der Waals surface area contributed by atoms with Crippen molar-refractivity contribution >= 4 is 18.0 Å². The first-order chi connectivity index (χ1) is 13.5. The number of fused-ring (bicyclic) bond motifs is 1. The van der Waals surface area contributed by atoms with E-state index in [0.717, 1.165) is 17.8 Å². The van der Waals surface area contributed by atoms with E-state index in [1.54, 1.807) is 9.58 Å². The van der Waals surface area contributed by atoms with Crippen LogP contribution in [0.4, 0.5) is 0 Å². The number of benzene rings is 1. The molecular weight excluding hydrogens is 354 g/mol. The molecule has 1 fully saturated rings. The number of piperazine rings is 1. The van der Waals surface area contributed by atoms with Crippen LogP contribution >= 0.6 is 0 Å². The normalized spacial score (nSPS) is 24.5. The Kier molecular flexibility index (Phi) is 4.70. The van der Waals surface area contributed by atoms with E-state index in [1.165, 1.54) is 6.33 Å². The summed E-state index contributed by atoms with van der Waals surface area (Å²) in [4.78, 5) is 30.6. The summed E-state index contributed by atoms with van der Waals surface area (Å²) in [6, 6.07) is 9.57. The summed E-state index contributed by atoms with van der Waals surface area (Å²) in [5.41, 5.74) is 0.959. The topological polar surface area (TPSA) is 79.0 Å². The minimum absolute atomic E-state index is 0.107. The summed E-state index contributed by atoms with van der Waals surface area (Å²) in [5.74, 6) is 1.68. The average Bonchev–Trinajstić information content (AvgIpc) is 3.20. The van der Waals surface area contributed by atoms with E-state index in [4.69, 9.17) is 4.99 Å². The Labute approximate surface area is 164 Å². The molecule has 1 aromatic heterocycles. The molecule has 2 unspecified atom stereocenters. The molecule has 0 radical (unpaired) electrons. The molecule has 2 aliphatic heterocycles. The SMILES string of the molecule is CCC1C(=O)N(C)C2C=N[C@H](n3ncnc3-c3ccccc3)N=C2N1C(C)C. The highest BCUT2D eigenvalue weighted by molar-refractivity contribution is 6.09. The maximum atomic E-state index is 12.8. The number of aromatic nitrogens is 3. The van der Waals surface area contributed by atoms with Crippen LogP contribution in [0.2, 0.25) is 0 Å². The molecule has 3 heterocycles. The summed E-state index contributed by atoms with van der Waals surface area (Å²) >= 11 is 0. The molecule has 146 valence electrons. The lowest BCUT2D eigenvalue weighted by molar-refractivity contribution is -0.137. The van der Waals surface area contributed by atoms with Crippen molar-refractivity contribution in [2.24, 2.45) is 9.98 Å². The fraction of sp³-hybridized carbons (Fsp3) is 0.450. The maximum absolute atomic E-state index is 12.8. The largest absolute Gasteiger partial charge is 0.344 e. The van der Waals surface area contributed by atoms with Gasteiger partial charge in [0.1, 0.15) is 24.2 Å². The van der Waals surface area contributed by atoms with Crippen molar-refractivity contribution in [1.82, 2.24) is 24.6 Å². The van der Waals surface area contributed by atoms with E-state index in [-0.39, 0.29) is 24.0 Å². The Morgan fingerprint density at radius 3 is 2.61 bits per heavy atom. The minimum atomic E-state index is -0.538. The lowest BCUT2D eigenvalue weighted by Crippen LogP contribution is -2.66. The van der Waals surface area contributed by atoms with Crippen molar-refractivity contribution in [1.29, 1.82) is 0 Å². The first-order valence-electron chi connectivity index (χ1n) is 9.63. The summed E-state index contributed by atoms with van der Waals surface area (Å²) in [6.07, 6.45) is 3.52. The van der Waals surface area contributed by atoms with Crippen LogP contribution in [0.25, 0.3) is 11.4 Å². The van der Waals surface area contributed by atoms with E-state index < -0.39 is 6.29 Å². The zero-order chi connectivity index (χ0) is 19.8. The lowest BCUT2D eigenvalue weighted by Gasteiger charge is -2.47. The molecule has 2 aromatic rings. The van der Waals surface area contributed by atoms with Crippen molar-refractivity contribution in [3.05, 3.63) is 36.7 Å². The van der Waals surface area contributed by atoms with E-state index in [9.17, 15) is 4.79 Å². The Bertz CT molecular complexity index is 918. The van der Waals surface area contributed by atoms with Crippen molar-refractivity contribution in [3.8, 4) is 11.4 Å². The Balaban J connectivity index is 1.76. The van der Waals surface area contributed by atoms with Crippen LogP contribution in [-0.2, 0) is 4.79 Å². The van der Waals surface area contributed by atoms with E-state index >= 15 is 0 Å². The fourth-order valence-corrected chi connectivity index (χ4v) is 3.92. The second kappa shape index (κ2) is 7.18. The van der Waals surface area contributed by atoms with Crippen LogP contribution in [0.15, 0.2) is 46.6 Å². The molecule has 2 aliphatic rings. The Hall–Kier alpha value is -3.03. The van der Waals surface area contributed by atoms with Gasteiger partial charge < -0.3 is 9.80 Å². The van der Waals surface area contributed by atoms with Gasteiger partial charge in [0.15, 0.2) is 5.82 Å². The van der Waals surface area contributed by atoms with Crippen LogP contribution in [0.1, 0.15) is 33.5 Å². The molecule has 1 amide bonds. The Morgan fingerprint density at radius 1 is 1.18 bits per heavy atom. The third-order valence-corrected chi connectivity index (χ3v) is 5.29. The van der Waals surface area contributed by atoms with Crippen LogP contribution in [0, 0.1) is 0 Å². The molecule has 28 heavy (non-hydrogen) atoms. The van der Waals surface area contributed by atoms with Crippen molar-refractivity contribution in [2.75, 3.05) is 7.05 Å². The molecule has 1 aromatic carbocycles. The van der Waals surface area contributed by atoms with Crippen molar-refractivity contribution in [2.45, 2.75) is 51.6 Å². The lowest BCUT2D eigenvalue weighted by atomic mass is 10.0. The highest BCUT2D eigenvalue weighted by Gasteiger charge is 2.44. The molecule has 0 bridgehead atoms. The van der Waals surface area contributed by atoms with Gasteiger partial charge in [0, 0.05) is 24.9 Å². The van der Waals surface area contributed by atoms with Gasteiger partial charge in [-0.3, -0.25) is 4.79 Å². The van der Waals surface area contributed by atoms with Crippen LogP contribution < -0.4 is 0 Å². The van der Waals surface area contributed by atoms with Gasteiger partial charge in [-0.15, -0.1) is 0 Å². The molecule has 8 heteroatoms. The summed E-state index contributed by atoms with van der Waals surface area (Å²) in [6.45, 7) is 6.21. The second-order valence-electron chi connectivity index (χ2n) is 7.35. The van der Waals surface area contributed by atoms with Crippen molar-refractivity contribution in [3.63, 3.8) is 0 Å². The quantitative estimate of drug-likeness (QED) is 0.816. The predicted octanol–water partition coefficient (Wildman–Crippen LogP) is 2.21. The van der Waals surface area contributed by atoms with Gasteiger partial charge in [0.2, 0.25) is 12.2 Å². The fourth-order valence-electron chi connectivity index (χ4n) is 3.92. The number of carbonyl (C=O) groups excluding carboxylic acids is 1. The number of amides is 1. The van der Waals surface area contributed by atoms with E-state index in [2.05, 4.69) is 33.8 Å². The van der Waals surface area contributed by atoms with Crippen molar-refractivity contribution < 1.29 is 4.79 Å². The molecule has 4 rings (SSSR count). The standard InChI is InChI=1S/C20H25N7O/c1-5-15-19(28)25(4)16-11-21-20(24-18(16)26(15)13(2)3)27-17(22-12-23-27)14-9-7-6-8-10-14/h6-13,15-16,20H,5H2,1-4H3/t15?,16?,20-/m0/s1. The molecular formula is C20H25N7O. The zero-order valence-electron chi connectivity index (χ0n) is 16.6. The number of carbonyl (C=O) groups is 1. The van der Waals surface area contributed by atoms with Gasteiger partial charge in [-0.1, -0.05) is 37.3 Å². The summed E-state index contributed by atoms with van der Waals surface area (Å²) in [7, 11) is 1.82. The predicted molar refractivity (Wildman–Crippen MR) is 108 cm³/mol. The Morgan fingerprint density at radius 2 is 1.93 bits per heavy atom. The van der Waals surface area contributed by atoms with Crippen LogP contribution in [0.3, 0.4) is 0 Å². The van der Waals surface area contributed by atoms with Gasteiger partial charge in [-0.05, 0) is 20.3 Å². The first-order valence-corrected chi connectivity index (χ1v) is 9.63. The van der Waals surface area contributed by atoms with E-state index in [1.807, 2.05) is 50.5 Å². The van der Waals surface area contributed by atoms with Crippen LogP contribution in [0.5, 0.6) is 0 Å². The first kappa shape index (κ1) is 18.3. The molecule has 0 saturated carbocycles. The van der Waals surface area contributed by atoms with E-state index in [0.29, 0.717) is 5.82 Å². The van der Waals surface area contributed by atoms with Gasteiger partial charge in [-0.25, -0.2) is 19.7 Å².